The SMILES string of the molecule is O=C(N/N=C\c1c(Cl)cccc1Cl)c1cc(-c2ccc(OCc3ccc(Cl)cc3)cc2)n[nH]1. The van der Waals surface area contributed by atoms with Crippen molar-refractivity contribution in [2.75, 3.05) is 0 Å². The Kier molecular flexibility index (Phi) is 7.29. The molecule has 0 radical (unpaired) electrons. The first-order valence-corrected chi connectivity index (χ1v) is 10.9. The molecule has 2 N–H and O–H groups in total. The second kappa shape index (κ2) is 10.5. The minimum absolute atomic E-state index is 0.260. The maximum Gasteiger partial charge on any atom is 0.289 e. The molecule has 1 heterocycles. The minimum atomic E-state index is -0.448. The number of rotatable bonds is 7. The van der Waals surface area contributed by atoms with Crippen molar-refractivity contribution in [2.24, 2.45) is 5.10 Å². The van der Waals surface area contributed by atoms with Gasteiger partial charge in [0.25, 0.3) is 5.91 Å². The van der Waals surface area contributed by atoms with Crippen LogP contribution in [0.2, 0.25) is 15.1 Å². The van der Waals surface area contributed by atoms with Crippen LogP contribution in [0.25, 0.3) is 11.3 Å². The number of halogens is 3. The van der Waals surface area contributed by atoms with E-state index in [-0.39, 0.29) is 5.69 Å². The van der Waals surface area contributed by atoms with Gasteiger partial charge in [-0.25, -0.2) is 5.43 Å². The van der Waals surface area contributed by atoms with E-state index in [1.807, 2.05) is 48.5 Å². The van der Waals surface area contributed by atoms with Gasteiger partial charge in [-0.2, -0.15) is 10.2 Å². The molecule has 0 saturated heterocycles. The number of H-pyrrole nitrogens is 1. The second-order valence-electron chi connectivity index (χ2n) is 6.94. The predicted octanol–water partition coefficient (Wildman–Crippen LogP) is 6.38. The van der Waals surface area contributed by atoms with Gasteiger partial charge in [0.1, 0.15) is 18.1 Å². The van der Waals surface area contributed by atoms with Crippen LogP contribution in [0.5, 0.6) is 5.75 Å². The zero-order valence-corrected chi connectivity index (χ0v) is 19.3. The van der Waals surface area contributed by atoms with Crippen molar-refractivity contribution in [3.05, 3.63) is 105 Å². The zero-order chi connectivity index (χ0) is 23.2. The highest BCUT2D eigenvalue weighted by molar-refractivity contribution is 6.38. The van der Waals surface area contributed by atoms with Crippen LogP contribution in [0.3, 0.4) is 0 Å². The number of nitrogens with zero attached hydrogens (tertiary/aromatic N) is 2. The van der Waals surface area contributed by atoms with Gasteiger partial charge < -0.3 is 4.74 Å². The standard InChI is InChI=1S/C24H17Cl3N4O2/c25-17-8-4-15(5-9-17)14-33-18-10-6-16(7-11-18)22-12-23(30-29-22)24(32)31-28-13-19-20(26)2-1-3-21(19)27/h1-13H,14H2,(H,29,30)(H,31,32)/b28-13-. The van der Waals surface area contributed by atoms with Gasteiger partial charge in [-0.1, -0.05) is 53.0 Å². The highest BCUT2D eigenvalue weighted by Crippen LogP contribution is 2.23. The third-order valence-electron chi connectivity index (χ3n) is 4.65. The molecule has 4 aromatic rings. The van der Waals surface area contributed by atoms with Gasteiger partial charge in [-0.15, -0.1) is 0 Å². The number of hydrogen-bond acceptors (Lipinski definition) is 4. The highest BCUT2D eigenvalue weighted by Gasteiger charge is 2.11. The van der Waals surface area contributed by atoms with E-state index < -0.39 is 5.91 Å². The Balaban J connectivity index is 1.35. The van der Waals surface area contributed by atoms with E-state index in [0.717, 1.165) is 16.9 Å². The number of ether oxygens (including phenoxy) is 1. The molecular weight excluding hydrogens is 483 g/mol. The minimum Gasteiger partial charge on any atom is -0.489 e. The first kappa shape index (κ1) is 22.9. The molecule has 166 valence electrons. The van der Waals surface area contributed by atoms with Crippen molar-refractivity contribution >= 4 is 46.9 Å². The normalized spacial score (nSPS) is 11.0. The van der Waals surface area contributed by atoms with E-state index >= 15 is 0 Å². The molecule has 0 aliphatic carbocycles. The molecule has 1 amide bonds. The Labute approximate surface area is 205 Å². The molecule has 0 aliphatic heterocycles. The lowest BCUT2D eigenvalue weighted by Gasteiger charge is -2.07. The van der Waals surface area contributed by atoms with Gasteiger partial charge in [0, 0.05) is 16.1 Å². The van der Waals surface area contributed by atoms with Gasteiger partial charge in [0.05, 0.1) is 22.0 Å². The zero-order valence-electron chi connectivity index (χ0n) is 17.1. The average molecular weight is 500 g/mol. The van der Waals surface area contributed by atoms with E-state index in [1.165, 1.54) is 6.21 Å². The fraction of sp³-hybridized carbons (Fsp3) is 0.0417. The first-order valence-electron chi connectivity index (χ1n) is 9.80. The van der Waals surface area contributed by atoms with Crippen LogP contribution in [-0.2, 0) is 6.61 Å². The molecule has 6 nitrogen and oxygen atoms in total. The van der Waals surface area contributed by atoms with Gasteiger partial charge in [-0.05, 0) is 60.2 Å². The Bertz CT molecular complexity index is 1270. The number of carbonyl (C=O) groups excluding carboxylic acids is 1. The molecule has 1 aromatic heterocycles. The maximum absolute atomic E-state index is 12.4. The van der Waals surface area contributed by atoms with Crippen LogP contribution in [0, 0.1) is 0 Å². The quantitative estimate of drug-likeness (QED) is 0.229. The summed E-state index contributed by atoms with van der Waals surface area (Å²) in [6.07, 6.45) is 1.39. The Hall–Kier alpha value is -3.32. The van der Waals surface area contributed by atoms with E-state index in [2.05, 4.69) is 20.7 Å². The van der Waals surface area contributed by atoms with Crippen molar-refractivity contribution in [1.29, 1.82) is 0 Å². The molecule has 0 aliphatic rings. The summed E-state index contributed by atoms with van der Waals surface area (Å²) in [5.74, 6) is 0.269. The smallest absolute Gasteiger partial charge is 0.289 e. The third-order valence-corrected chi connectivity index (χ3v) is 5.56. The summed E-state index contributed by atoms with van der Waals surface area (Å²) >= 11 is 18.1. The van der Waals surface area contributed by atoms with E-state index in [0.29, 0.717) is 32.9 Å². The second-order valence-corrected chi connectivity index (χ2v) is 8.19. The summed E-state index contributed by atoms with van der Waals surface area (Å²) in [6.45, 7) is 0.434. The van der Waals surface area contributed by atoms with Crippen LogP contribution in [0.4, 0.5) is 0 Å². The highest BCUT2D eigenvalue weighted by atomic mass is 35.5. The summed E-state index contributed by atoms with van der Waals surface area (Å²) in [5.41, 5.74) is 5.67. The lowest BCUT2D eigenvalue weighted by atomic mass is 10.1. The van der Waals surface area contributed by atoms with E-state index in [1.54, 1.807) is 24.3 Å². The number of aromatic amines is 1. The van der Waals surface area contributed by atoms with Gasteiger partial charge in [0.2, 0.25) is 0 Å². The van der Waals surface area contributed by atoms with E-state index in [4.69, 9.17) is 39.5 Å². The Morgan fingerprint density at radius 1 is 1.00 bits per heavy atom. The van der Waals surface area contributed by atoms with E-state index in [9.17, 15) is 4.79 Å². The molecule has 0 unspecified atom stereocenters. The molecule has 0 saturated carbocycles. The molecule has 3 aromatic carbocycles. The van der Waals surface area contributed by atoms with Gasteiger partial charge in [-0.3, -0.25) is 9.89 Å². The largest absolute Gasteiger partial charge is 0.489 e. The van der Waals surface area contributed by atoms with Gasteiger partial charge >= 0.3 is 0 Å². The van der Waals surface area contributed by atoms with Crippen LogP contribution in [0.15, 0.2) is 77.9 Å². The van der Waals surface area contributed by atoms with Crippen molar-refractivity contribution < 1.29 is 9.53 Å². The lowest BCUT2D eigenvalue weighted by molar-refractivity contribution is 0.0950. The Morgan fingerprint density at radius 3 is 2.39 bits per heavy atom. The Morgan fingerprint density at radius 2 is 1.70 bits per heavy atom. The molecule has 0 atom stereocenters. The maximum atomic E-state index is 12.4. The number of nitrogens with one attached hydrogen (secondary N) is 2. The molecule has 0 spiro atoms. The fourth-order valence-corrected chi connectivity index (χ4v) is 3.53. The predicted molar refractivity (Wildman–Crippen MR) is 131 cm³/mol. The van der Waals surface area contributed by atoms with Crippen molar-refractivity contribution in [2.45, 2.75) is 6.61 Å². The summed E-state index contributed by atoms with van der Waals surface area (Å²) in [7, 11) is 0. The number of benzene rings is 3. The topological polar surface area (TPSA) is 79.4 Å². The van der Waals surface area contributed by atoms with Crippen molar-refractivity contribution in [3.63, 3.8) is 0 Å². The number of amides is 1. The molecule has 33 heavy (non-hydrogen) atoms. The third kappa shape index (κ3) is 5.93. The van der Waals surface area contributed by atoms with Crippen molar-refractivity contribution in [3.8, 4) is 17.0 Å². The molecular formula is C24H17Cl3N4O2. The molecule has 0 fully saturated rings. The van der Waals surface area contributed by atoms with Crippen LogP contribution >= 0.6 is 34.8 Å². The van der Waals surface area contributed by atoms with Crippen LogP contribution in [0.1, 0.15) is 21.6 Å². The van der Waals surface area contributed by atoms with Crippen LogP contribution < -0.4 is 10.2 Å². The van der Waals surface area contributed by atoms with Gasteiger partial charge in [0.15, 0.2) is 0 Å². The first-order chi connectivity index (χ1) is 16.0. The lowest BCUT2D eigenvalue weighted by Crippen LogP contribution is -2.18. The number of carbonyl (C=O) groups is 1. The average Bonchev–Trinajstić information content (AvgIpc) is 3.31. The molecule has 4 rings (SSSR count). The number of aromatic nitrogens is 2. The summed E-state index contributed by atoms with van der Waals surface area (Å²) in [5, 5.41) is 12.4. The monoisotopic (exact) mass is 498 g/mol. The summed E-state index contributed by atoms with van der Waals surface area (Å²) in [4.78, 5) is 12.4. The fourth-order valence-electron chi connectivity index (χ4n) is 2.90. The molecule has 9 heteroatoms. The molecule has 0 bridgehead atoms. The van der Waals surface area contributed by atoms with Crippen LogP contribution in [-0.4, -0.2) is 22.3 Å². The number of hydrogen-bond donors (Lipinski definition) is 2. The summed E-state index contributed by atoms with van der Waals surface area (Å²) < 4.78 is 5.79. The summed E-state index contributed by atoms with van der Waals surface area (Å²) in [6, 6.07) is 21.6. The van der Waals surface area contributed by atoms with Crippen molar-refractivity contribution in [1.82, 2.24) is 15.6 Å². The number of hydrazone groups is 1.